The zero-order chi connectivity index (χ0) is 20.3. The molecule has 9 heteroatoms. The second kappa shape index (κ2) is 8.30. The van der Waals surface area contributed by atoms with Crippen LogP contribution in [0.1, 0.15) is 47.4 Å². The lowest BCUT2D eigenvalue weighted by Crippen LogP contribution is -2.43. The number of ether oxygens (including phenoxy) is 1. The number of hydrogen-bond acceptors (Lipinski definition) is 3. The summed E-state index contributed by atoms with van der Waals surface area (Å²) >= 11 is 0. The second-order valence-corrected chi connectivity index (χ2v) is 6.86. The Morgan fingerprint density at radius 2 is 1.93 bits per heavy atom. The summed E-state index contributed by atoms with van der Waals surface area (Å²) in [5, 5.41) is 5.37. The molecule has 0 radical (unpaired) electrons. The highest BCUT2D eigenvalue weighted by Crippen LogP contribution is 2.30. The minimum atomic E-state index is -4.65. The van der Waals surface area contributed by atoms with Gasteiger partial charge in [-0.2, -0.15) is 18.3 Å². The topological polar surface area (TPSA) is 58.2 Å². The number of H-pyrrole nitrogens is 1. The third-order valence-corrected chi connectivity index (χ3v) is 5.08. The van der Waals surface area contributed by atoms with E-state index in [1.54, 1.807) is 25.3 Å². The Bertz CT molecular complexity index is 814. The predicted octanol–water partition coefficient (Wildman–Crippen LogP) is 4.17. The van der Waals surface area contributed by atoms with Crippen molar-refractivity contribution in [3.05, 3.63) is 53.1 Å². The first-order valence-electron chi connectivity index (χ1n) is 8.99. The van der Waals surface area contributed by atoms with Crippen LogP contribution in [-0.2, 0) is 17.5 Å². The van der Waals surface area contributed by atoms with Gasteiger partial charge in [0, 0.05) is 31.3 Å². The van der Waals surface area contributed by atoms with Crippen LogP contribution in [-0.4, -0.2) is 40.3 Å². The molecule has 1 fully saturated rings. The molecule has 5 nitrogen and oxygen atoms in total. The van der Waals surface area contributed by atoms with Crippen molar-refractivity contribution >= 4 is 5.91 Å². The van der Waals surface area contributed by atoms with Crippen LogP contribution in [0.4, 0.5) is 17.6 Å². The van der Waals surface area contributed by atoms with E-state index in [9.17, 15) is 22.4 Å². The number of carbonyl (C=O) groups excluding carboxylic acids is 1. The molecule has 1 aromatic heterocycles. The summed E-state index contributed by atoms with van der Waals surface area (Å²) in [7, 11) is 1.62. The quantitative estimate of drug-likeness (QED) is 0.768. The van der Waals surface area contributed by atoms with E-state index in [0.29, 0.717) is 24.5 Å². The van der Waals surface area contributed by atoms with Gasteiger partial charge in [-0.1, -0.05) is 18.2 Å². The van der Waals surface area contributed by atoms with E-state index in [4.69, 9.17) is 4.74 Å². The van der Waals surface area contributed by atoms with Gasteiger partial charge in [-0.3, -0.25) is 9.89 Å². The molecule has 0 saturated heterocycles. The predicted molar refractivity (Wildman–Crippen MR) is 92.9 cm³/mol. The third-order valence-electron chi connectivity index (χ3n) is 5.08. The molecule has 3 rings (SSSR count). The van der Waals surface area contributed by atoms with E-state index in [-0.39, 0.29) is 24.4 Å². The standard InChI is InChI=1S/C19H21F4N3O2/c1-28-14-8-6-13(7-9-14)26(11-12-4-2-3-5-15(12)20)18(27)16-10-17(25-24-16)19(21,22)23/h2-5,10,13-14H,6-9,11H2,1H3,(H,24,25)/t13-,14-. The Morgan fingerprint density at radius 1 is 1.25 bits per heavy atom. The number of carbonyl (C=O) groups is 1. The first-order valence-corrected chi connectivity index (χ1v) is 8.99. The highest BCUT2D eigenvalue weighted by Gasteiger charge is 2.36. The molecule has 1 heterocycles. The molecule has 0 bridgehead atoms. The van der Waals surface area contributed by atoms with E-state index in [1.165, 1.54) is 11.0 Å². The normalized spacial score (nSPS) is 20.2. The molecular weight excluding hydrogens is 378 g/mol. The first kappa shape index (κ1) is 20.3. The number of hydrogen-bond donors (Lipinski definition) is 1. The van der Waals surface area contributed by atoms with Crippen LogP contribution < -0.4 is 0 Å². The molecule has 1 amide bonds. The van der Waals surface area contributed by atoms with Crippen LogP contribution >= 0.6 is 0 Å². The number of aromatic amines is 1. The lowest BCUT2D eigenvalue weighted by Gasteiger charge is -2.36. The first-order chi connectivity index (χ1) is 13.3. The van der Waals surface area contributed by atoms with Crippen molar-refractivity contribution in [2.24, 2.45) is 0 Å². The van der Waals surface area contributed by atoms with Gasteiger partial charge in [0.2, 0.25) is 0 Å². The van der Waals surface area contributed by atoms with E-state index in [2.05, 4.69) is 10.2 Å². The second-order valence-electron chi connectivity index (χ2n) is 6.86. The number of nitrogens with one attached hydrogen (secondary N) is 1. The number of nitrogens with zero attached hydrogens (tertiary/aromatic N) is 2. The van der Waals surface area contributed by atoms with Gasteiger partial charge in [0.1, 0.15) is 11.5 Å². The van der Waals surface area contributed by atoms with Crippen LogP contribution in [0.2, 0.25) is 0 Å². The van der Waals surface area contributed by atoms with Crippen LogP contribution in [0.15, 0.2) is 30.3 Å². The Kier molecular flexibility index (Phi) is 6.02. The molecule has 1 saturated carbocycles. The molecule has 2 aromatic rings. The van der Waals surface area contributed by atoms with Gasteiger partial charge >= 0.3 is 6.18 Å². The van der Waals surface area contributed by atoms with Gasteiger partial charge in [-0.25, -0.2) is 4.39 Å². The van der Waals surface area contributed by atoms with E-state index >= 15 is 0 Å². The molecule has 1 aromatic carbocycles. The van der Waals surface area contributed by atoms with E-state index in [0.717, 1.165) is 12.8 Å². The minimum absolute atomic E-state index is 0.0335. The molecule has 0 spiro atoms. The Balaban J connectivity index is 1.86. The van der Waals surface area contributed by atoms with Gasteiger partial charge < -0.3 is 9.64 Å². The fourth-order valence-electron chi connectivity index (χ4n) is 3.50. The van der Waals surface area contributed by atoms with Crippen molar-refractivity contribution in [2.75, 3.05) is 7.11 Å². The van der Waals surface area contributed by atoms with Gasteiger partial charge in [-0.15, -0.1) is 0 Å². The molecule has 1 aliphatic carbocycles. The summed E-state index contributed by atoms with van der Waals surface area (Å²) in [6.45, 7) is -0.0335. The van der Waals surface area contributed by atoms with Crippen LogP contribution in [0.5, 0.6) is 0 Å². The smallest absolute Gasteiger partial charge is 0.381 e. The van der Waals surface area contributed by atoms with Crippen molar-refractivity contribution in [1.29, 1.82) is 0 Å². The zero-order valence-corrected chi connectivity index (χ0v) is 15.3. The van der Waals surface area contributed by atoms with Crippen molar-refractivity contribution in [3.8, 4) is 0 Å². The Hall–Kier alpha value is -2.42. The van der Waals surface area contributed by atoms with E-state index < -0.39 is 23.6 Å². The number of aromatic nitrogens is 2. The minimum Gasteiger partial charge on any atom is -0.381 e. The maximum absolute atomic E-state index is 14.1. The summed E-state index contributed by atoms with van der Waals surface area (Å²) in [5.74, 6) is -1.10. The van der Waals surface area contributed by atoms with Crippen molar-refractivity contribution < 1.29 is 27.1 Å². The molecule has 0 atom stereocenters. The van der Waals surface area contributed by atoms with Gasteiger partial charge in [0.25, 0.3) is 5.91 Å². The Labute approximate surface area is 159 Å². The van der Waals surface area contributed by atoms with Crippen LogP contribution in [0.3, 0.4) is 0 Å². The summed E-state index contributed by atoms with van der Waals surface area (Å²) in [5.41, 5.74) is -1.12. The molecule has 1 aliphatic rings. The van der Waals surface area contributed by atoms with Crippen LogP contribution in [0, 0.1) is 5.82 Å². The number of rotatable bonds is 5. The Morgan fingerprint density at radius 3 is 2.50 bits per heavy atom. The summed E-state index contributed by atoms with van der Waals surface area (Å²) in [6, 6.07) is 6.51. The summed E-state index contributed by atoms with van der Waals surface area (Å²) < 4.78 is 58.0. The third kappa shape index (κ3) is 4.52. The molecule has 1 N–H and O–H groups in total. The lowest BCUT2D eigenvalue weighted by atomic mass is 9.91. The van der Waals surface area contributed by atoms with Crippen molar-refractivity contribution in [1.82, 2.24) is 15.1 Å². The van der Waals surface area contributed by atoms with Crippen molar-refractivity contribution in [3.63, 3.8) is 0 Å². The SMILES string of the molecule is CO[C@H]1CC[C@H](N(Cc2ccccc2F)C(=O)c2cc(C(F)(F)F)n[nH]2)CC1. The average Bonchev–Trinajstić information content (AvgIpc) is 3.18. The fourth-order valence-corrected chi connectivity index (χ4v) is 3.50. The largest absolute Gasteiger partial charge is 0.435 e. The average molecular weight is 399 g/mol. The highest BCUT2D eigenvalue weighted by molar-refractivity contribution is 5.92. The number of methoxy groups -OCH3 is 1. The molecule has 0 unspecified atom stereocenters. The fraction of sp³-hybridized carbons (Fsp3) is 0.474. The number of benzene rings is 1. The summed E-state index contributed by atoms with van der Waals surface area (Å²) in [4.78, 5) is 14.4. The van der Waals surface area contributed by atoms with Gasteiger partial charge in [0.05, 0.1) is 6.10 Å². The molecule has 28 heavy (non-hydrogen) atoms. The number of amides is 1. The van der Waals surface area contributed by atoms with Gasteiger partial charge in [0.15, 0.2) is 5.69 Å². The van der Waals surface area contributed by atoms with E-state index in [1.807, 2.05) is 0 Å². The number of halogens is 4. The van der Waals surface area contributed by atoms with Crippen LogP contribution in [0.25, 0.3) is 0 Å². The lowest BCUT2D eigenvalue weighted by molar-refractivity contribution is -0.141. The number of alkyl halides is 3. The maximum Gasteiger partial charge on any atom is 0.435 e. The highest BCUT2D eigenvalue weighted by atomic mass is 19.4. The molecule has 152 valence electrons. The monoisotopic (exact) mass is 399 g/mol. The maximum atomic E-state index is 14.1. The molecule has 0 aliphatic heterocycles. The molecular formula is C19H21F4N3O2. The zero-order valence-electron chi connectivity index (χ0n) is 15.3. The summed E-state index contributed by atoms with van der Waals surface area (Å²) in [6.07, 6.45) is -1.87. The van der Waals surface area contributed by atoms with Crippen molar-refractivity contribution in [2.45, 2.75) is 50.6 Å². The van der Waals surface area contributed by atoms with Gasteiger partial charge in [-0.05, 0) is 31.7 Å².